The first-order valence-corrected chi connectivity index (χ1v) is 10.1. The minimum absolute atomic E-state index is 0.0902. The van der Waals surface area contributed by atoms with Crippen LogP contribution in [0.1, 0.15) is 41.3 Å². The monoisotopic (exact) mass is 395 g/mol. The molecule has 1 saturated heterocycles. The smallest absolute Gasteiger partial charge is 0.257 e. The summed E-state index contributed by atoms with van der Waals surface area (Å²) in [7, 11) is 0. The molecule has 0 unspecified atom stereocenters. The van der Waals surface area contributed by atoms with E-state index in [1.165, 1.54) is 0 Å². The molecule has 1 aliphatic heterocycles. The number of anilines is 1. The van der Waals surface area contributed by atoms with Crippen molar-refractivity contribution in [1.82, 2.24) is 5.32 Å². The van der Waals surface area contributed by atoms with Crippen molar-refractivity contribution in [2.75, 3.05) is 25.1 Å². The van der Waals surface area contributed by atoms with E-state index < -0.39 is 0 Å². The standard InChI is InChI=1S/C23H29N3O3/c1-4-28-21-10-6-5-9-20(21)25-23(24-15-19-8-7-13-29-19)26-22(27)18-12-11-16(2)17(3)14-18/h5-6,9-12,14,19H,4,7-8,13,15H2,1-3H3,(H2,24,25,26,27)/t19-/m0/s1. The normalized spacial score (nSPS) is 16.5. The molecule has 2 aromatic carbocycles. The topological polar surface area (TPSA) is 71.9 Å². The van der Waals surface area contributed by atoms with E-state index in [4.69, 9.17) is 9.47 Å². The first-order chi connectivity index (χ1) is 14.1. The zero-order chi connectivity index (χ0) is 20.6. The van der Waals surface area contributed by atoms with Gasteiger partial charge in [0.1, 0.15) is 5.75 Å². The Morgan fingerprint density at radius 2 is 2.03 bits per heavy atom. The maximum absolute atomic E-state index is 12.8. The highest BCUT2D eigenvalue weighted by molar-refractivity contribution is 6.10. The second-order valence-corrected chi connectivity index (χ2v) is 7.13. The van der Waals surface area contributed by atoms with Gasteiger partial charge < -0.3 is 14.8 Å². The molecule has 0 saturated carbocycles. The highest BCUT2D eigenvalue weighted by Gasteiger charge is 2.17. The summed E-state index contributed by atoms with van der Waals surface area (Å²) in [6.45, 7) is 7.77. The number of aryl methyl sites for hydroxylation is 2. The van der Waals surface area contributed by atoms with Crippen molar-refractivity contribution in [3.8, 4) is 5.75 Å². The number of nitrogens with one attached hydrogen (secondary N) is 2. The van der Waals surface area contributed by atoms with Crippen molar-refractivity contribution in [3.05, 3.63) is 59.2 Å². The van der Waals surface area contributed by atoms with Crippen LogP contribution in [-0.2, 0) is 4.74 Å². The molecule has 6 heteroatoms. The highest BCUT2D eigenvalue weighted by Crippen LogP contribution is 2.23. The SMILES string of the molecule is CCOc1ccccc1NC(=NC[C@@H]1CCCO1)NC(=O)c1ccc(C)c(C)c1. The van der Waals surface area contributed by atoms with Crippen LogP contribution in [0, 0.1) is 13.8 Å². The van der Waals surface area contributed by atoms with Crippen LogP contribution in [0.3, 0.4) is 0 Å². The van der Waals surface area contributed by atoms with Gasteiger partial charge in [-0.05, 0) is 69.0 Å². The van der Waals surface area contributed by atoms with E-state index >= 15 is 0 Å². The summed E-state index contributed by atoms with van der Waals surface area (Å²) in [5, 5.41) is 6.13. The predicted octanol–water partition coefficient (Wildman–Crippen LogP) is 4.08. The van der Waals surface area contributed by atoms with Gasteiger partial charge in [-0.25, -0.2) is 4.99 Å². The summed E-state index contributed by atoms with van der Waals surface area (Å²) in [5.41, 5.74) is 3.57. The molecule has 0 bridgehead atoms. The summed E-state index contributed by atoms with van der Waals surface area (Å²) in [6.07, 6.45) is 2.12. The fourth-order valence-corrected chi connectivity index (χ4v) is 3.13. The fraction of sp³-hybridized carbons (Fsp3) is 0.391. The maximum atomic E-state index is 12.8. The van der Waals surface area contributed by atoms with Gasteiger partial charge in [-0.2, -0.15) is 0 Å². The van der Waals surface area contributed by atoms with E-state index in [-0.39, 0.29) is 12.0 Å². The van der Waals surface area contributed by atoms with Gasteiger partial charge in [-0.3, -0.25) is 10.1 Å². The zero-order valence-corrected chi connectivity index (χ0v) is 17.3. The van der Waals surface area contributed by atoms with Crippen molar-refractivity contribution in [3.63, 3.8) is 0 Å². The van der Waals surface area contributed by atoms with Gasteiger partial charge in [0.15, 0.2) is 0 Å². The molecule has 1 heterocycles. The number of amides is 1. The zero-order valence-electron chi connectivity index (χ0n) is 17.3. The number of aliphatic imine (C=N–C) groups is 1. The van der Waals surface area contributed by atoms with Crippen LogP contribution in [0.5, 0.6) is 5.75 Å². The van der Waals surface area contributed by atoms with Crippen LogP contribution < -0.4 is 15.4 Å². The number of ether oxygens (including phenoxy) is 2. The molecule has 2 N–H and O–H groups in total. The molecule has 0 radical (unpaired) electrons. The van der Waals surface area contributed by atoms with Crippen LogP contribution in [0.15, 0.2) is 47.5 Å². The Labute approximate surface area is 172 Å². The van der Waals surface area contributed by atoms with Gasteiger partial charge in [-0.1, -0.05) is 18.2 Å². The van der Waals surface area contributed by atoms with E-state index in [0.717, 1.165) is 36.3 Å². The molecule has 0 spiro atoms. The molecule has 154 valence electrons. The summed E-state index contributed by atoms with van der Waals surface area (Å²) < 4.78 is 11.3. The average Bonchev–Trinajstić information content (AvgIpc) is 3.23. The number of carbonyl (C=O) groups is 1. The lowest BCUT2D eigenvalue weighted by Crippen LogP contribution is -2.37. The van der Waals surface area contributed by atoms with Crippen molar-refractivity contribution in [2.24, 2.45) is 4.99 Å². The van der Waals surface area contributed by atoms with Gasteiger partial charge in [0, 0.05) is 12.2 Å². The number of guanidine groups is 1. The minimum Gasteiger partial charge on any atom is -0.492 e. The van der Waals surface area contributed by atoms with Crippen LogP contribution in [0.4, 0.5) is 5.69 Å². The van der Waals surface area contributed by atoms with Crippen molar-refractivity contribution >= 4 is 17.6 Å². The van der Waals surface area contributed by atoms with Gasteiger partial charge in [0.2, 0.25) is 5.96 Å². The van der Waals surface area contributed by atoms with Gasteiger partial charge in [0.05, 0.1) is 24.9 Å². The Balaban J connectivity index is 1.79. The van der Waals surface area contributed by atoms with Gasteiger partial charge in [0.25, 0.3) is 5.91 Å². The lowest BCUT2D eigenvalue weighted by atomic mass is 10.1. The Morgan fingerprint density at radius 1 is 1.21 bits per heavy atom. The van der Waals surface area contributed by atoms with Crippen molar-refractivity contribution < 1.29 is 14.3 Å². The fourth-order valence-electron chi connectivity index (χ4n) is 3.13. The molecule has 0 aliphatic carbocycles. The second-order valence-electron chi connectivity index (χ2n) is 7.13. The number of nitrogens with zero attached hydrogens (tertiary/aromatic N) is 1. The molecule has 0 aromatic heterocycles. The third kappa shape index (κ3) is 5.81. The first-order valence-electron chi connectivity index (χ1n) is 10.1. The summed E-state index contributed by atoms with van der Waals surface area (Å²) in [4.78, 5) is 17.4. The van der Waals surface area contributed by atoms with Crippen LogP contribution in [-0.4, -0.2) is 37.7 Å². The molecule has 3 rings (SSSR count). The molecule has 6 nitrogen and oxygen atoms in total. The third-order valence-corrected chi connectivity index (χ3v) is 4.92. The molecule has 1 atom stereocenters. The highest BCUT2D eigenvalue weighted by atomic mass is 16.5. The van der Waals surface area contributed by atoms with Gasteiger partial charge in [-0.15, -0.1) is 0 Å². The van der Waals surface area contributed by atoms with Crippen LogP contribution in [0.25, 0.3) is 0 Å². The third-order valence-electron chi connectivity index (χ3n) is 4.92. The minimum atomic E-state index is -0.208. The van der Waals surface area contributed by atoms with Crippen LogP contribution in [0.2, 0.25) is 0 Å². The summed E-state index contributed by atoms with van der Waals surface area (Å²) in [6, 6.07) is 13.3. The van der Waals surface area contributed by atoms with E-state index in [1.807, 2.05) is 63.2 Å². The molecule has 1 fully saturated rings. The average molecular weight is 396 g/mol. The number of para-hydroxylation sites is 2. The van der Waals surface area contributed by atoms with E-state index in [1.54, 1.807) is 0 Å². The van der Waals surface area contributed by atoms with Crippen LogP contribution >= 0.6 is 0 Å². The maximum Gasteiger partial charge on any atom is 0.257 e. The molecule has 2 aromatic rings. The number of rotatable bonds is 6. The second kappa shape index (κ2) is 10.1. The lowest BCUT2D eigenvalue weighted by Gasteiger charge is -2.16. The van der Waals surface area contributed by atoms with E-state index in [0.29, 0.717) is 30.4 Å². The van der Waals surface area contributed by atoms with Crippen molar-refractivity contribution in [2.45, 2.75) is 39.7 Å². The number of benzene rings is 2. The molecule has 1 amide bonds. The number of hydrogen-bond donors (Lipinski definition) is 2. The number of hydrogen-bond acceptors (Lipinski definition) is 4. The Morgan fingerprint density at radius 3 is 2.76 bits per heavy atom. The van der Waals surface area contributed by atoms with E-state index in [9.17, 15) is 4.79 Å². The largest absolute Gasteiger partial charge is 0.492 e. The Kier molecular flexibility index (Phi) is 7.25. The lowest BCUT2D eigenvalue weighted by molar-refractivity contribution is 0.0975. The summed E-state index contributed by atoms with van der Waals surface area (Å²) in [5.74, 6) is 0.886. The Bertz CT molecular complexity index is 873. The van der Waals surface area contributed by atoms with E-state index in [2.05, 4.69) is 15.6 Å². The summed E-state index contributed by atoms with van der Waals surface area (Å²) >= 11 is 0. The molecule has 1 aliphatic rings. The predicted molar refractivity (Wildman–Crippen MR) is 116 cm³/mol. The number of carbonyl (C=O) groups excluding carboxylic acids is 1. The quantitative estimate of drug-likeness (QED) is 0.571. The van der Waals surface area contributed by atoms with Gasteiger partial charge >= 0.3 is 0 Å². The first kappa shape index (κ1) is 20.9. The Hall–Kier alpha value is -2.86. The van der Waals surface area contributed by atoms with Crippen molar-refractivity contribution in [1.29, 1.82) is 0 Å². The molecule has 29 heavy (non-hydrogen) atoms. The molecular weight excluding hydrogens is 366 g/mol. The molecular formula is C23H29N3O3.